The Morgan fingerprint density at radius 3 is 2.52 bits per heavy atom. The summed E-state index contributed by atoms with van der Waals surface area (Å²) in [5.41, 5.74) is 0.546. The van der Waals surface area contributed by atoms with Gasteiger partial charge in [0.15, 0.2) is 0 Å². The molecule has 1 saturated carbocycles. The molecule has 2 bridgehead atoms. The van der Waals surface area contributed by atoms with Gasteiger partial charge in [-0.15, -0.1) is 0 Å². The van der Waals surface area contributed by atoms with Crippen LogP contribution in [0.2, 0.25) is 0 Å². The van der Waals surface area contributed by atoms with Gasteiger partial charge in [-0.3, -0.25) is 9.69 Å². The van der Waals surface area contributed by atoms with E-state index in [0.29, 0.717) is 18.7 Å². The maximum atomic E-state index is 13.1. The van der Waals surface area contributed by atoms with Crippen molar-refractivity contribution in [2.45, 2.75) is 62.9 Å². The topological polar surface area (TPSA) is 38.8 Å². The van der Waals surface area contributed by atoms with Gasteiger partial charge in [0.2, 0.25) is 0 Å². The first-order chi connectivity index (χ1) is 12.2. The molecule has 4 heteroatoms. The second kappa shape index (κ2) is 6.64. The molecule has 1 unspecified atom stereocenters. The van der Waals surface area contributed by atoms with Gasteiger partial charge in [0.05, 0.1) is 19.1 Å². The van der Waals surface area contributed by atoms with Crippen molar-refractivity contribution in [2.75, 3.05) is 20.3 Å². The number of benzene rings is 1. The molecule has 25 heavy (non-hydrogen) atoms. The molecule has 0 aromatic heterocycles. The lowest BCUT2D eigenvalue weighted by atomic mass is 9.69. The third-order valence-electron chi connectivity index (χ3n) is 6.39. The summed E-state index contributed by atoms with van der Waals surface area (Å²) in [4.78, 5) is 15.8. The third-order valence-corrected chi connectivity index (χ3v) is 6.39. The van der Waals surface area contributed by atoms with E-state index in [4.69, 9.17) is 9.47 Å². The number of hydrogen-bond donors (Lipinski definition) is 0. The van der Waals surface area contributed by atoms with Crippen LogP contribution in [0, 0.1) is 5.92 Å². The van der Waals surface area contributed by atoms with Gasteiger partial charge in [-0.1, -0.05) is 12.1 Å². The van der Waals surface area contributed by atoms with Gasteiger partial charge < -0.3 is 9.47 Å². The van der Waals surface area contributed by atoms with Crippen molar-refractivity contribution >= 4 is 5.97 Å². The van der Waals surface area contributed by atoms with Crippen LogP contribution in [0.25, 0.3) is 0 Å². The van der Waals surface area contributed by atoms with Gasteiger partial charge in [0.25, 0.3) is 0 Å². The minimum Gasteiger partial charge on any atom is -0.497 e. The molecule has 3 aliphatic rings. The van der Waals surface area contributed by atoms with Crippen LogP contribution in [0.1, 0.15) is 51.0 Å². The van der Waals surface area contributed by atoms with Crippen LogP contribution >= 0.6 is 0 Å². The van der Waals surface area contributed by atoms with Gasteiger partial charge in [-0.05, 0) is 69.1 Å². The van der Waals surface area contributed by atoms with Gasteiger partial charge in [0.1, 0.15) is 5.75 Å². The summed E-state index contributed by atoms with van der Waals surface area (Å²) in [6.45, 7) is 3.56. The van der Waals surface area contributed by atoms with Gasteiger partial charge >= 0.3 is 5.97 Å². The number of rotatable bonds is 6. The molecule has 2 heterocycles. The van der Waals surface area contributed by atoms with E-state index in [2.05, 4.69) is 11.0 Å². The van der Waals surface area contributed by atoms with Crippen molar-refractivity contribution in [3.63, 3.8) is 0 Å². The summed E-state index contributed by atoms with van der Waals surface area (Å²) in [6, 6.07) is 9.07. The lowest BCUT2D eigenvalue weighted by molar-refractivity contribution is -0.153. The molecule has 0 amide bonds. The zero-order valence-electron chi connectivity index (χ0n) is 15.4. The highest BCUT2D eigenvalue weighted by atomic mass is 16.5. The lowest BCUT2D eigenvalue weighted by Crippen LogP contribution is -2.53. The highest BCUT2D eigenvalue weighted by Gasteiger charge is 2.54. The highest BCUT2D eigenvalue weighted by Crippen LogP contribution is 2.49. The maximum Gasteiger partial charge on any atom is 0.316 e. The number of esters is 1. The van der Waals surface area contributed by atoms with Crippen LogP contribution in [0.3, 0.4) is 0 Å². The van der Waals surface area contributed by atoms with Crippen LogP contribution in [-0.4, -0.2) is 43.2 Å². The molecule has 1 aromatic carbocycles. The second-order valence-corrected chi connectivity index (χ2v) is 7.97. The van der Waals surface area contributed by atoms with E-state index >= 15 is 0 Å². The van der Waals surface area contributed by atoms with Crippen LogP contribution in [-0.2, 0) is 14.9 Å². The first-order valence-corrected chi connectivity index (χ1v) is 9.74. The van der Waals surface area contributed by atoms with Gasteiger partial charge in [-0.2, -0.15) is 0 Å². The van der Waals surface area contributed by atoms with Crippen molar-refractivity contribution in [1.29, 1.82) is 0 Å². The fraction of sp³-hybridized carbons (Fsp3) is 0.667. The monoisotopic (exact) mass is 343 g/mol. The fourth-order valence-corrected chi connectivity index (χ4v) is 4.95. The van der Waals surface area contributed by atoms with Crippen LogP contribution in [0.15, 0.2) is 24.3 Å². The van der Waals surface area contributed by atoms with Crippen LogP contribution in [0.4, 0.5) is 0 Å². The van der Waals surface area contributed by atoms with E-state index < -0.39 is 5.41 Å². The summed E-state index contributed by atoms with van der Waals surface area (Å²) in [5, 5.41) is 0. The Bertz CT molecular complexity index is 626. The maximum absolute atomic E-state index is 13.1. The Morgan fingerprint density at radius 2 is 1.92 bits per heavy atom. The average molecular weight is 343 g/mol. The summed E-state index contributed by atoms with van der Waals surface area (Å²) < 4.78 is 11.0. The summed E-state index contributed by atoms with van der Waals surface area (Å²) >= 11 is 0. The molecule has 0 N–H and O–H groups in total. The zero-order valence-corrected chi connectivity index (χ0v) is 15.4. The lowest BCUT2D eigenvalue weighted by Gasteiger charge is -2.45. The Kier molecular flexibility index (Phi) is 4.48. The van der Waals surface area contributed by atoms with Crippen molar-refractivity contribution in [3.05, 3.63) is 29.8 Å². The number of nitrogens with zero attached hydrogens (tertiary/aromatic N) is 1. The zero-order chi connectivity index (χ0) is 17.4. The molecule has 2 saturated heterocycles. The SMILES string of the molecule is CCOC(=O)C1(c2cccc(OC)c2)C[C@H]2CC[C@@H](C1)N2CC1CC1. The quantitative estimate of drug-likeness (QED) is 0.741. The second-order valence-electron chi connectivity index (χ2n) is 7.97. The van der Waals surface area contributed by atoms with Crippen molar-refractivity contribution < 1.29 is 14.3 Å². The number of carbonyl (C=O) groups is 1. The van der Waals surface area contributed by atoms with E-state index in [1.165, 1.54) is 32.2 Å². The molecular formula is C21H29NO3. The number of carbonyl (C=O) groups excluding carboxylic acids is 1. The first-order valence-electron chi connectivity index (χ1n) is 9.74. The number of fused-ring (bicyclic) bond motifs is 2. The minimum atomic E-state index is -0.517. The Labute approximate surface area is 150 Å². The molecule has 0 radical (unpaired) electrons. The number of hydrogen-bond acceptors (Lipinski definition) is 4. The molecule has 3 atom stereocenters. The average Bonchev–Trinajstić information content (AvgIpc) is 3.41. The van der Waals surface area contributed by atoms with E-state index in [0.717, 1.165) is 30.1 Å². The van der Waals surface area contributed by atoms with E-state index in [1.807, 2.05) is 25.1 Å². The summed E-state index contributed by atoms with van der Waals surface area (Å²) in [7, 11) is 1.68. The first kappa shape index (κ1) is 16.9. The molecule has 2 aliphatic heterocycles. The fourth-order valence-electron chi connectivity index (χ4n) is 4.95. The van der Waals surface area contributed by atoms with E-state index in [1.54, 1.807) is 7.11 Å². The molecular weight excluding hydrogens is 314 g/mol. The third kappa shape index (κ3) is 3.05. The predicted molar refractivity (Wildman–Crippen MR) is 96.8 cm³/mol. The molecule has 4 nitrogen and oxygen atoms in total. The van der Waals surface area contributed by atoms with Crippen molar-refractivity contribution in [3.8, 4) is 5.75 Å². The molecule has 136 valence electrons. The summed E-state index contributed by atoms with van der Waals surface area (Å²) in [5.74, 6) is 1.66. The standard InChI is InChI=1S/C21H29NO3/c1-3-25-20(23)21(16-5-4-6-19(11-16)24-2)12-17-9-10-18(13-21)22(17)14-15-7-8-15/h4-6,11,15,17-18H,3,7-10,12-14H2,1-2H3/t17-,18+,21?. The largest absolute Gasteiger partial charge is 0.497 e. The van der Waals surface area contributed by atoms with Gasteiger partial charge in [-0.25, -0.2) is 0 Å². The van der Waals surface area contributed by atoms with Crippen LogP contribution < -0.4 is 4.74 Å². The number of methoxy groups -OCH3 is 1. The van der Waals surface area contributed by atoms with Crippen LogP contribution in [0.5, 0.6) is 5.75 Å². The molecule has 0 spiro atoms. The van der Waals surface area contributed by atoms with E-state index in [9.17, 15) is 4.79 Å². The normalized spacial score (nSPS) is 31.8. The highest BCUT2D eigenvalue weighted by molar-refractivity contribution is 5.84. The Balaban J connectivity index is 1.66. The van der Waals surface area contributed by atoms with Crippen molar-refractivity contribution in [2.24, 2.45) is 5.92 Å². The molecule has 4 rings (SSSR count). The summed E-state index contributed by atoms with van der Waals surface area (Å²) in [6.07, 6.45) is 6.94. The Hall–Kier alpha value is -1.55. The van der Waals surface area contributed by atoms with E-state index in [-0.39, 0.29) is 5.97 Å². The van der Waals surface area contributed by atoms with Gasteiger partial charge in [0, 0.05) is 18.6 Å². The minimum absolute atomic E-state index is 0.0498. The number of ether oxygens (including phenoxy) is 2. The number of piperidine rings is 1. The predicted octanol–water partition coefficient (Wildman–Crippen LogP) is 3.53. The molecule has 1 aromatic rings. The van der Waals surface area contributed by atoms with Crippen molar-refractivity contribution in [1.82, 2.24) is 4.90 Å². The molecule has 3 fully saturated rings. The Morgan fingerprint density at radius 1 is 1.20 bits per heavy atom. The molecule has 1 aliphatic carbocycles. The smallest absolute Gasteiger partial charge is 0.316 e.